The van der Waals surface area contributed by atoms with Gasteiger partial charge in [-0.3, -0.25) is 4.79 Å². The van der Waals surface area contributed by atoms with E-state index < -0.39 is 0 Å². The molecule has 0 bridgehead atoms. The molecule has 0 saturated carbocycles. The molecule has 0 amide bonds. The molecule has 2 nitrogen and oxygen atoms in total. The first kappa shape index (κ1) is 11.0. The minimum absolute atomic E-state index is 0.803. The zero-order valence-corrected chi connectivity index (χ0v) is 9.78. The minimum atomic E-state index is 0.803. The maximum Gasteiger partial charge on any atom is 0.144 e. The van der Waals surface area contributed by atoms with Crippen molar-refractivity contribution in [3.63, 3.8) is 0 Å². The van der Waals surface area contributed by atoms with Crippen LogP contribution in [0.1, 0.15) is 5.56 Å². The van der Waals surface area contributed by atoms with Gasteiger partial charge in [0.1, 0.15) is 6.29 Å². The topological polar surface area (TPSA) is 20.3 Å². The molecule has 1 rings (SSSR count). The van der Waals surface area contributed by atoms with Crippen LogP contribution in [0, 0.1) is 0 Å². The number of hydrogen-bond acceptors (Lipinski definition) is 2. The molecule has 3 heteroatoms. The molecule has 0 aromatic heterocycles. The van der Waals surface area contributed by atoms with E-state index in [0.717, 1.165) is 22.0 Å². The lowest BCUT2D eigenvalue weighted by Crippen LogP contribution is -2.10. The fourth-order valence-corrected chi connectivity index (χ4v) is 1.45. The molecule has 0 fully saturated rings. The SMILES string of the molecule is CN(C)C(=CC=O)c1ccc(Br)cc1. The Morgan fingerprint density at radius 2 is 1.86 bits per heavy atom. The molecular formula is C11H12BrNO. The Labute approximate surface area is 92.4 Å². The maximum absolute atomic E-state index is 10.4. The van der Waals surface area contributed by atoms with Gasteiger partial charge in [-0.1, -0.05) is 28.1 Å². The van der Waals surface area contributed by atoms with Crippen LogP contribution >= 0.6 is 15.9 Å². The van der Waals surface area contributed by atoms with Gasteiger partial charge in [-0.05, 0) is 17.7 Å². The highest BCUT2D eigenvalue weighted by molar-refractivity contribution is 9.10. The fourth-order valence-electron chi connectivity index (χ4n) is 1.19. The van der Waals surface area contributed by atoms with E-state index in [0.29, 0.717) is 0 Å². The van der Waals surface area contributed by atoms with Gasteiger partial charge in [-0.25, -0.2) is 0 Å². The van der Waals surface area contributed by atoms with Crippen molar-refractivity contribution in [2.45, 2.75) is 0 Å². The molecular weight excluding hydrogens is 242 g/mol. The van der Waals surface area contributed by atoms with Crippen LogP contribution in [0.3, 0.4) is 0 Å². The van der Waals surface area contributed by atoms with Gasteiger partial charge in [-0.2, -0.15) is 0 Å². The smallest absolute Gasteiger partial charge is 0.144 e. The molecule has 74 valence electrons. The number of aldehydes is 1. The van der Waals surface area contributed by atoms with Crippen LogP contribution in [0.25, 0.3) is 5.70 Å². The largest absolute Gasteiger partial charge is 0.377 e. The van der Waals surface area contributed by atoms with Crippen LogP contribution < -0.4 is 0 Å². The van der Waals surface area contributed by atoms with E-state index in [1.807, 2.05) is 43.3 Å². The third-order valence-electron chi connectivity index (χ3n) is 1.85. The number of carbonyl (C=O) groups is 1. The van der Waals surface area contributed by atoms with Gasteiger partial charge in [0.2, 0.25) is 0 Å². The average Bonchev–Trinajstić information content (AvgIpc) is 2.15. The Morgan fingerprint density at radius 3 is 2.29 bits per heavy atom. The summed E-state index contributed by atoms with van der Waals surface area (Å²) >= 11 is 3.37. The van der Waals surface area contributed by atoms with Crippen molar-refractivity contribution in [3.05, 3.63) is 40.4 Å². The third kappa shape index (κ3) is 2.70. The van der Waals surface area contributed by atoms with Crippen molar-refractivity contribution in [3.8, 4) is 0 Å². The number of rotatable bonds is 3. The molecule has 0 aliphatic rings. The van der Waals surface area contributed by atoms with Gasteiger partial charge in [0.05, 0.1) is 0 Å². The first-order valence-corrected chi connectivity index (χ1v) is 5.03. The molecule has 0 radical (unpaired) electrons. The molecule has 0 aliphatic carbocycles. The van der Waals surface area contributed by atoms with Gasteiger partial charge in [0, 0.05) is 30.3 Å². The van der Waals surface area contributed by atoms with Gasteiger partial charge < -0.3 is 4.90 Å². The van der Waals surface area contributed by atoms with Gasteiger partial charge in [0.25, 0.3) is 0 Å². The van der Waals surface area contributed by atoms with E-state index in [-0.39, 0.29) is 0 Å². The van der Waals surface area contributed by atoms with E-state index >= 15 is 0 Å². The van der Waals surface area contributed by atoms with Crippen LogP contribution in [-0.4, -0.2) is 25.3 Å². The number of benzene rings is 1. The van der Waals surface area contributed by atoms with E-state index in [9.17, 15) is 4.79 Å². The molecule has 0 saturated heterocycles. The minimum Gasteiger partial charge on any atom is -0.377 e. The molecule has 1 aromatic rings. The zero-order valence-electron chi connectivity index (χ0n) is 8.20. The summed E-state index contributed by atoms with van der Waals surface area (Å²) in [6.07, 6.45) is 2.36. The van der Waals surface area contributed by atoms with Crippen molar-refractivity contribution in [1.82, 2.24) is 4.90 Å². The molecule has 0 atom stereocenters. The van der Waals surface area contributed by atoms with Crippen LogP contribution in [0.5, 0.6) is 0 Å². The van der Waals surface area contributed by atoms with Gasteiger partial charge >= 0.3 is 0 Å². The van der Waals surface area contributed by atoms with Crippen LogP contribution in [-0.2, 0) is 4.79 Å². The Bertz CT molecular complexity index is 341. The summed E-state index contributed by atoms with van der Waals surface area (Å²) in [6.45, 7) is 0. The van der Waals surface area contributed by atoms with Crippen LogP contribution in [0.4, 0.5) is 0 Å². The quantitative estimate of drug-likeness (QED) is 0.610. The summed E-state index contributed by atoms with van der Waals surface area (Å²) in [5, 5.41) is 0. The van der Waals surface area contributed by atoms with E-state index in [2.05, 4.69) is 15.9 Å². The van der Waals surface area contributed by atoms with Crippen molar-refractivity contribution >= 4 is 27.9 Å². The molecule has 1 aromatic carbocycles. The third-order valence-corrected chi connectivity index (χ3v) is 2.38. The monoisotopic (exact) mass is 253 g/mol. The Hall–Kier alpha value is -1.09. The first-order chi connectivity index (χ1) is 6.65. The molecule has 0 unspecified atom stereocenters. The highest BCUT2D eigenvalue weighted by Crippen LogP contribution is 2.18. The highest BCUT2D eigenvalue weighted by Gasteiger charge is 2.02. The Kier molecular flexibility index (Phi) is 3.89. The number of nitrogens with zero attached hydrogens (tertiary/aromatic N) is 1. The normalized spacial score (nSPS) is 11.2. The highest BCUT2D eigenvalue weighted by atomic mass is 79.9. The van der Waals surface area contributed by atoms with Crippen LogP contribution in [0.2, 0.25) is 0 Å². The molecule has 0 N–H and O–H groups in total. The molecule has 0 spiro atoms. The number of carbonyl (C=O) groups excluding carboxylic acids is 1. The second-order valence-corrected chi connectivity index (χ2v) is 4.00. The summed E-state index contributed by atoms with van der Waals surface area (Å²) in [4.78, 5) is 12.4. The number of hydrogen-bond donors (Lipinski definition) is 0. The number of halogens is 1. The standard InChI is InChI=1S/C11H12BrNO/c1-13(2)11(7-8-14)9-3-5-10(12)6-4-9/h3-8H,1-2H3. The van der Waals surface area contributed by atoms with Crippen molar-refractivity contribution in [1.29, 1.82) is 0 Å². The first-order valence-electron chi connectivity index (χ1n) is 4.24. The lowest BCUT2D eigenvalue weighted by atomic mass is 10.1. The zero-order chi connectivity index (χ0) is 10.6. The van der Waals surface area contributed by atoms with Crippen molar-refractivity contribution in [2.24, 2.45) is 0 Å². The summed E-state index contributed by atoms with van der Waals surface area (Å²) in [7, 11) is 3.83. The van der Waals surface area contributed by atoms with Crippen LogP contribution in [0.15, 0.2) is 34.8 Å². The second-order valence-electron chi connectivity index (χ2n) is 3.09. The molecule has 0 heterocycles. The summed E-state index contributed by atoms with van der Waals surface area (Å²) in [6, 6.07) is 7.85. The van der Waals surface area contributed by atoms with E-state index in [1.54, 1.807) is 6.08 Å². The number of allylic oxidation sites excluding steroid dienone is 1. The Morgan fingerprint density at radius 1 is 1.29 bits per heavy atom. The fraction of sp³-hybridized carbons (Fsp3) is 0.182. The van der Waals surface area contributed by atoms with Crippen molar-refractivity contribution < 1.29 is 4.79 Å². The van der Waals surface area contributed by atoms with Crippen molar-refractivity contribution in [2.75, 3.05) is 14.1 Å². The lowest BCUT2D eigenvalue weighted by Gasteiger charge is -2.16. The van der Waals surface area contributed by atoms with Gasteiger partial charge in [0.15, 0.2) is 0 Å². The van der Waals surface area contributed by atoms with Gasteiger partial charge in [-0.15, -0.1) is 0 Å². The average molecular weight is 254 g/mol. The summed E-state index contributed by atoms with van der Waals surface area (Å²) < 4.78 is 1.03. The van der Waals surface area contributed by atoms with E-state index in [1.165, 1.54) is 0 Å². The van der Waals surface area contributed by atoms with E-state index in [4.69, 9.17) is 0 Å². The predicted octanol–water partition coefficient (Wildman–Crippen LogP) is 2.55. The Balaban J connectivity index is 3.06. The summed E-state index contributed by atoms with van der Waals surface area (Å²) in [5.41, 5.74) is 1.94. The summed E-state index contributed by atoms with van der Waals surface area (Å²) in [5.74, 6) is 0. The maximum atomic E-state index is 10.4. The molecule has 0 aliphatic heterocycles. The predicted molar refractivity (Wildman–Crippen MR) is 61.9 cm³/mol. The molecule has 14 heavy (non-hydrogen) atoms. The second kappa shape index (κ2) is 4.96. The lowest BCUT2D eigenvalue weighted by molar-refractivity contribution is -0.104.